The number of carboxylic acids is 1. The number of carbonyl (C=O) groups is 3. The Labute approximate surface area is 425 Å². The number of aliphatic carboxylic acids is 1. The Bertz CT molecular complexity index is 1590. The van der Waals surface area contributed by atoms with E-state index in [1.54, 1.807) is 0 Å². The maximum Gasteiger partial charge on any atom is 0.472 e. The Balaban J connectivity index is 3.91. The number of nitrogens with one attached hydrogen (secondary N) is 1. The number of amides is 1. The molecule has 1 amide bonds. The fourth-order valence-electron chi connectivity index (χ4n) is 6.92. The zero-order valence-electron chi connectivity index (χ0n) is 43.5. The van der Waals surface area contributed by atoms with Gasteiger partial charge in [-0.1, -0.05) is 207 Å². The highest BCUT2D eigenvalue weighted by atomic mass is 31.2. The van der Waals surface area contributed by atoms with E-state index in [0.29, 0.717) is 19.3 Å². The predicted molar refractivity (Wildman–Crippen MR) is 290 cm³/mol. The van der Waals surface area contributed by atoms with Crippen molar-refractivity contribution < 1.29 is 47.8 Å². The van der Waals surface area contributed by atoms with Crippen LogP contribution >= 0.6 is 7.82 Å². The molecule has 0 aromatic heterocycles. The molecule has 4 N–H and O–H groups in total. The maximum atomic E-state index is 12.4. The van der Waals surface area contributed by atoms with E-state index >= 15 is 0 Å². The van der Waals surface area contributed by atoms with E-state index in [1.165, 1.54) is 89.9 Å². The summed E-state index contributed by atoms with van der Waals surface area (Å²) < 4.78 is 27.0. The zero-order valence-corrected chi connectivity index (χ0v) is 44.4. The Kier molecular flexibility index (Phi) is 48.7. The lowest BCUT2D eigenvalue weighted by Crippen LogP contribution is -2.43. The third-order valence-electron chi connectivity index (χ3n) is 11.0. The first-order chi connectivity index (χ1) is 34.1. The summed E-state index contributed by atoms with van der Waals surface area (Å²) in [4.78, 5) is 46.2. The number of hydrogen-bond acceptors (Lipinski definition) is 8. The van der Waals surface area contributed by atoms with Crippen molar-refractivity contribution >= 4 is 25.7 Å². The third kappa shape index (κ3) is 50.5. The predicted octanol–water partition coefficient (Wildman–Crippen LogP) is 15.3. The first-order valence-corrected chi connectivity index (χ1v) is 28.4. The molecule has 0 radical (unpaired) electrons. The first kappa shape index (κ1) is 66.1. The summed E-state index contributed by atoms with van der Waals surface area (Å²) in [5, 5.41) is 21.9. The van der Waals surface area contributed by atoms with Gasteiger partial charge in [0.1, 0.15) is 12.7 Å². The van der Waals surface area contributed by atoms with Gasteiger partial charge in [-0.05, 0) is 96.3 Å². The minimum absolute atomic E-state index is 0.0593. The smallest absolute Gasteiger partial charge is 0.472 e. The molecule has 70 heavy (non-hydrogen) atoms. The van der Waals surface area contributed by atoms with Crippen LogP contribution in [0.5, 0.6) is 0 Å². The van der Waals surface area contributed by atoms with Gasteiger partial charge < -0.3 is 25.2 Å². The molecular weight excluding hydrogens is 902 g/mol. The van der Waals surface area contributed by atoms with Crippen LogP contribution in [0.4, 0.5) is 0 Å². The molecule has 3 atom stereocenters. The molecule has 3 unspecified atom stereocenters. The summed E-state index contributed by atoms with van der Waals surface area (Å²) in [7, 11) is -4.79. The highest BCUT2D eigenvalue weighted by Crippen LogP contribution is 2.43. The Morgan fingerprint density at radius 2 is 0.843 bits per heavy atom. The van der Waals surface area contributed by atoms with Crippen LogP contribution in [-0.2, 0) is 32.7 Å². The van der Waals surface area contributed by atoms with Crippen LogP contribution in [0.1, 0.15) is 206 Å². The molecule has 0 aromatic rings. The van der Waals surface area contributed by atoms with E-state index in [9.17, 15) is 34.1 Å². The van der Waals surface area contributed by atoms with Gasteiger partial charge in [0.15, 0.2) is 6.04 Å². The van der Waals surface area contributed by atoms with Crippen molar-refractivity contribution in [2.24, 2.45) is 0 Å². The van der Waals surface area contributed by atoms with Gasteiger partial charge in [0.05, 0.1) is 13.2 Å². The lowest BCUT2D eigenvalue weighted by atomic mass is 10.0. The number of phosphoric ester groups is 1. The average molecular weight is 998 g/mol. The van der Waals surface area contributed by atoms with Crippen LogP contribution in [0.2, 0.25) is 0 Å². The van der Waals surface area contributed by atoms with Gasteiger partial charge in [-0.15, -0.1) is 0 Å². The van der Waals surface area contributed by atoms with Crippen molar-refractivity contribution in [1.29, 1.82) is 0 Å². The number of allylic oxidation sites excluding steroid dienone is 18. The largest absolute Gasteiger partial charge is 0.480 e. The van der Waals surface area contributed by atoms with Gasteiger partial charge in [0.2, 0.25) is 5.91 Å². The molecule has 12 heteroatoms. The summed E-state index contributed by atoms with van der Waals surface area (Å²) in [5.41, 5.74) is 0. The second kappa shape index (κ2) is 51.5. The van der Waals surface area contributed by atoms with Gasteiger partial charge in [-0.3, -0.25) is 18.6 Å². The minimum Gasteiger partial charge on any atom is -0.480 e. The molecule has 0 fully saturated rings. The Morgan fingerprint density at radius 3 is 1.27 bits per heavy atom. The quantitative estimate of drug-likeness (QED) is 0.0199. The summed E-state index contributed by atoms with van der Waals surface area (Å²) in [5.74, 6) is -2.47. The van der Waals surface area contributed by atoms with Crippen LogP contribution in [0, 0.1) is 0 Å². The Morgan fingerprint density at radius 1 is 0.471 bits per heavy atom. The molecule has 0 rings (SSSR count). The molecule has 0 saturated heterocycles. The monoisotopic (exact) mass is 998 g/mol. The number of hydrogen-bond donors (Lipinski definition) is 4. The summed E-state index contributed by atoms with van der Waals surface area (Å²) in [6.45, 7) is 2.43. The standard InChI is InChI=1S/C58H96NO10P/c1-3-5-7-9-11-13-15-17-19-21-23-25-27-29-31-33-35-37-39-41-43-45-47-49-56(61)59-55(58(63)64)53-69-70(65,66)68-52-54(60)51-67-57(62)50-48-46-44-42-40-38-36-34-32-30-28-26-24-22-20-18-16-14-12-10-8-6-4-2/h5,7,11-14,17-20,23,25,29,31,35,37,41,43,54-55,60H,3-4,6,8-10,15-16,21-22,24,26-28,30,32-34,36,38-40,42,44-53H2,1-2H3,(H,59,61)(H,63,64)(H,65,66)/b7-5-,13-11-,14-12-,19-17-,20-18-,25-23-,31-29-,37-35-,43-41-. The van der Waals surface area contributed by atoms with Crippen molar-refractivity contribution in [3.8, 4) is 0 Å². The molecule has 0 aliphatic carbocycles. The fraction of sp³-hybridized carbons (Fsp3) is 0.638. The summed E-state index contributed by atoms with van der Waals surface area (Å²) >= 11 is 0. The molecule has 0 aliphatic rings. The SMILES string of the molecule is CC/C=C\C/C=C\C/C=C\C/C=C\C/C=C\C/C=C\C/C=C\CCCC(=O)NC(COP(=O)(O)OCC(O)COC(=O)CCCCCCCCCCCCCCC/C=C\C/C=C\CCCCC)C(=O)O. The third-order valence-corrected chi connectivity index (χ3v) is 12.0. The maximum absolute atomic E-state index is 12.4. The minimum atomic E-state index is -4.79. The van der Waals surface area contributed by atoms with Crippen LogP contribution in [-0.4, -0.2) is 64.9 Å². The number of carbonyl (C=O) groups excluding carboxylic acids is 2. The Hall–Kier alpha value is -3.86. The lowest BCUT2D eigenvalue weighted by molar-refractivity contribution is -0.147. The number of unbranched alkanes of at least 4 members (excludes halogenated alkanes) is 17. The number of aliphatic hydroxyl groups excluding tert-OH is 1. The number of esters is 1. The fourth-order valence-corrected chi connectivity index (χ4v) is 7.70. The van der Waals surface area contributed by atoms with Crippen LogP contribution < -0.4 is 5.32 Å². The van der Waals surface area contributed by atoms with Gasteiger partial charge in [0.25, 0.3) is 0 Å². The molecule has 0 heterocycles. The van der Waals surface area contributed by atoms with E-state index < -0.39 is 57.6 Å². The van der Waals surface area contributed by atoms with Crippen molar-refractivity contribution in [2.75, 3.05) is 19.8 Å². The van der Waals surface area contributed by atoms with E-state index in [0.717, 1.165) is 70.6 Å². The van der Waals surface area contributed by atoms with Gasteiger partial charge in [-0.25, -0.2) is 9.36 Å². The second-order valence-electron chi connectivity index (χ2n) is 17.7. The van der Waals surface area contributed by atoms with Gasteiger partial charge in [0, 0.05) is 12.8 Å². The number of aliphatic hydroxyl groups is 1. The highest BCUT2D eigenvalue weighted by molar-refractivity contribution is 7.47. The van der Waals surface area contributed by atoms with E-state index in [1.807, 2.05) is 12.2 Å². The van der Waals surface area contributed by atoms with Gasteiger partial charge >= 0.3 is 19.8 Å². The molecule has 0 aromatic carbocycles. The molecule has 398 valence electrons. The van der Waals surface area contributed by atoms with Crippen molar-refractivity contribution in [3.05, 3.63) is 109 Å². The summed E-state index contributed by atoms with van der Waals surface area (Å²) in [6.07, 6.45) is 68.3. The molecule has 0 aliphatic heterocycles. The van der Waals surface area contributed by atoms with Crippen LogP contribution in [0.3, 0.4) is 0 Å². The number of phosphoric acid groups is 1. The van der Waals surface area contributed by atoms with Crippen molar-refractivity contribution in [2.45, 2.75) is 219 Å². The number of carboxylic acid groups (broad SMARTS) is 1. The molecule has 0 spiro atoms. The van der Waals surface area contributed by atoms with Crippen molar-refractivity contribution in [3.63, 3.8) is 0 Å². The number of ether oxygens (including phenoxy) is 1. The average Bonchev–Trinajstić information content (AvgIpc) is 3.34. The molecule has 11 nitrogen and oxygen atoms in total. The normalized spacial score (nSPS) is 14.3. The first-order valence-electron chi connectivity index (χ1n) is 26.9. The lowest BCUT2D eigenvalue weighted by Gasteiger charge is -2.18. The van der Waals surface area contributed by atoms with E-state index in [4.69, 9.17) is 13.8 Å². The highest BCUT2D eigenvalue weighted by Gasteiger charge is 2.28. The molecule has 0 saturated carbocycles. The molecular formula is C58H96NO10P. The van der Waals surface area contributed by atoms with Crippen LogP contribution in [0.25, 0.3) is 0 Å². The number of rotatable bonds is 49. The van der Waals surface area contributed by atoms with Crippen LogP contribution in [0.15, 0.2) is 109 Å². The zero-order chi connectivity index (χ0) is 51.3. The topological polar surface area (TPSA) is 169 Å². The van der Waals surface area contributed by atoms with Gasteiger partial charge in [-0.2, -0.15) is 0 Å². The second-order valence-corrected chi connectivity index (χ2v) is 19.1. The van der Waals surface area contributed by atoms with E-state index in [2.05, 4.69) is 116 Å². The van der Waals surface area contributed by atoms with E-state index in [-0.39, 0.29) is 12.8 Å². The summed E-state index contributed by atoms with van der Waals surface area (Å²) in [6, 6.07) is -1.59. The van der Waals surface area contributed by atoms with Crippen molar-refractivity contribution in [1.82, 2.24) is 5.32 Å². The molecule has 0 bridgehead atoms.